The summed E-state index contributed by atoms with van der Waals surface area (Å²) in [6.07, 6.45) is 1.66. The molecule has 0 aliphatic carbocycles. The zero-order valence-electron chi connectivity index (χ0n) is 12.4. The van der Waals surface area contributed by atoms with Gasteiger partial charge in [-0.3, -0.25) is 4.79 Å². The Bertz CT molecular complexity index is 838. The number of hydrazone groups is 1. The summed E-state index contributed by atoms with van der Waals surface area (Å²) in [6.45, 7) is 1.76. The molecule has 5 heteroatoms. The smallest absolute Gasteiger partial charge is 0.335 e. The molecule has 2 aromatic carbocycles. The van der Waals surface area contributed by atoms with Crippen LogP contribution in [0, 0.1) is 0 Å². The first-order chi connectivity index (χ1) is 11.1. The number of aromatic carboxylic acids is 1. The third kappa shape index (κ3) is 2.89. The minimum Gasteiger partial charge on any atom is -0.478 e. The molecule has 1 amide bonds. The molecular weight excluding hydrogens is 292 g/mol. The first-order valence-corrected chi connectivity index (χ1v) is 7.06. The predicted octanol–water partition coefficient (Wildman–Crippen LogP) is 3.19. The number of carboxylic acids is 1. The number of carbonyl (C=O) groups excluding carboxylic acids is 1. The van der Waals surface area contributed by atoms with Crippen molar-refractivity contribution in [3.63, 3.8) is 0 Å². The van der Waals surface area contributed by atoms with E-state index in [0.717, 1.165) is 0 Å². The van der Waals surface area contributed by atoms with Crippen LogP contribution in [0.5, 0.6) is 0 Å². The molecule has 0 saturated heterocycles. The number of carboxylic acid groups (broad SMARTS) is 1. The number of hydrogen-bond acceptors (Lipinski definition) is 3. The Morgan fingerprint density at radius 3 is 2.57 bits per heavy atom. The largest absolute Gasteiger partial charge is 0.478 e. The number of benzene rings is 2. The van der Waals surface area contributed by atoms with Crippen molar-refractivity contribution in [3.8, 4) is 0 Å². The molecule has 0 bridgehead atoms. The Labute approximate surface area is 133 Å². The van der Waals surface area contributed by atoms with E-state index < -0.39 is 5.97 Å². The van der Waals surface area contributed by atoms with Gasteiger partial charge in [0.05, 0.1) is 22.5 Å². The molecule has 1 aliphatic rings. The summed E-state index contributed by atoms with van der Waals surface area (Å²) in [5.41, 5.74) is 2.58. The van der Waals surface area contributed by atoms with E-state index >= 15 is 0 Å². The Balaban J connectivity index is 1.95. The van der Waals surface area contributed by atoms with Crippen molar-refractivity contribution < 1.29 is 14.7 Å². The summed E-state index contributed by atoms with van der Waals surface area (Å²) in [6, 6.07) is 15.6. The van der Waals surface area contributed by atoms with Crippen molar-refractivity contribution in [2.75, 3.05) is 5.01 Å². The first-order valence-electron chi connectivity index (χ1n) is 7.06. The Morgan fingerprint density at radius 1 is 1.13 bits per heavy atom. The molecular formula is C18H14N2O3. The zero-order chi connectivity index (χ0) is 16.4. The van der Waals surface area contributed by atoms with Crippen LogP contribution in [-0.4, -0.2) is 22.7 Å². The topological polar surface area (TPSA) is 70.0 Å². The highest BCUT2D eigenvalue weighted by molar-refractivity contribution is 6.32. The standard InChI is InChI=1S/C18H14N2O3/c1-12-16(11-13-6-5-7-14(10-13)18(22)23)17(21)20(19-12)15-8-3-2-4-9-15/h2-11H,1H3,(H,22,23)/b16-11-. The summed E-state index contributed by atoms with van der Waals surface area (Å²) < 4.78 is 0. The van der Waals surface area contributed by atoms with Gasteiger partial charge in [0, 0.05) is 0 Å². The van der Waals surface area contributed by atoms with Crippen molar-refractivity contribution in [3.05, 3.63) is 71.3 Å². The number of nitrogens with zero attached hydrogens (tertiary/aromatic N) is 2. The Morgan fingerprint density at radius 2 is 1.87 bits per heavy atom. The summed E-state index contributed by atoms with van der Waals surface area (Å²) in [5, 5.41) is 14.7. The second-order valence-electron chi connectivity index (χ2n) is 5.13. The molecule has 0 spiro atoms. The SMILES string of the molecule is CC1=NN(c2ccccc2)C(=O)/C1=C\c1cccc(C(=O)O)c1. The second kappa shape index (κ2) is 5.88. The monoisotopic (exact) mass is 306 g/mol. The Kier molecular flexibility index (Phi) is 3.76. The fourth-order valence-corrected chi connectivity index (χ4v) is 2.36. The molecule has 0 saturated carbocycles. The van der Waals surface area contributed by atoms with Crippen molar-refractivity contribution in [2.45, 2.75) is 6.92 Å². The second-order valence-corrected chi connectivity index (χ2v) is 5.13. The number of para-hydroxylation sites is 1. The minimum absolute atomic E-state index is 0.180. The first kappa shape index (κ1) is 14.7. The van der Waals surface area contributed by atoms with Crippen LogP contribution < -0.4 is 5.01 Å². The summed E-state index contributed by atoms with van der Waals surface area (Å²) in [5.74, 6) is -1.23. The maximum atomic E-state index is 12.6. The number of amides is 1. The van der Waals surface area contributed by atoms with Gasteiger partial charge in [-0.1, -0.05) is 30.3 Å². The van der Waals surface area contributed by atoms with Gasteiger partial charge in [-0.15, -0.1) is 0 Å². The molecule has 0 fully saturated rings. The maximum absolute atomic E-state index is 12.6. The lowest BCUT2D eigenvalue weighted by molar-refractivity contribution is -0.114. The molecule has 1 N–H and O–H groups in total. The van der Waals surface area contributed by atoms with Crippen molar-refractivity contribution in [2.24, 2.45) is 5.10 Å². The van der Waals surface area contributed by atoms with Gasteiger partial charge in [-0.2, -0.15) is 10.1 Å². The number of anilines is 1. The van der Waals surface area contributed by atoms with Crippen LogP contribution in [0.2, 0.25) is 0 Å². The van der Waals surface area contributed by atoms with Crippen molar-refractivity contribution in [1.29, 1.82) is 0 Å². The molecule has 0 atom stereocenters. The molecule has 0 radical (unpaired) electrons. The Hall–Kier alpha value is -3.21. The van der Waals surface area contributed by atoms with E-state index in [2.05, 4.69) is 5.10 Å². The quantitative estimate of drug-likeness (QED) is 0.885. The van der Waals surface area contributed by atoms with E-state index in [0.29, 0.717) is 22.5 Å². The van der Waals surface area contributed by atoms with E-state index in [4.69, 9.17) is 5.11 Å². The molecule has 2 aromatic rings. The van der Waals surface area contributed by atoms with Gasteiger partial charge in [0.15, 0.2) is 0 Å². The van der Waals surface area contributed by atoms with E-state index in [1.165, 1.54) is 17.1 Å². The maximum Gasteiger partial charge on any atom is 0.335 e. The van der Waals surface area contributed by atoms with E-state index in [1.807, 2.05) is 30.3 Å². The molecule has 1 heterocycles. The van der Waals surface area contributed by atoms with Gasteiger partial charge in [-0.25, -0.2) is 4.79 Å². The zero-order valence-corrected chi connectivity index (χ0v) is 12.4. The molecule has 23 heavy (non-hydrogen) atoms. The fraction of sp³-hybridized carbons (Fsp3) is 0.0556. The molecule has 3 rings (SSSR count). The summed E-state index contributed by atoms with van der Waals surface area (Å²) in [7, 11) is 0. The van der Waals surface area contributed by atoms with Crippen molar-refractivity contribution in [1.82, 2.24) is 0 Å². The highest BCUT2D eigenvalue weighted by atomic mass is 16.4. The number of carbonyl (C=O) groups is 2. The lowest BCUT2D eigenvalue weighted by atomic mass is 10.1. The van der Waals surface area contributed by atoms with Crippen LogP contribution in [0.25, 0.3) is 6.08 Å². The van der Waals surface area contributed by atoms with Crippen molar-refractivity contribution >= 4 is 29.4 Å². The van der Waals surface area contributed by atoms with Crippen LogP contribution in [0.15, 0.2) is 65.3 Å². The lowest BCUT2D eigenvalue weighted by Crippen LogP contribution is -2.21. The molecule has 1 aliphatic heterocycles. The van der Waals surface area contributed by atoms with Gasteiger partial charge in [-0.05, 0) is 42.8 Å². The highest BCUT2D eigenvalue weighted by Gasteiger charge is 2.28. The molecule has 5 nitrogen and oxygen atoms in total. The van der Waals surface area contributed by atoms with Crippen LogP contribution in [-0.2, 0) is 4.79 Å². The van der Waals surface area contributed by atoms with Gasteiger partial charge >= 0.3 is 5.97 Å². The van der Waals surface area contributed by atoms with E-state index in [-0.39, 0.29) is 11.5 Å². The van der Waals surface area contributed by atoms with E-state index in [1.54, 1.807) is 25.1 Å². The van der Waals surface area contributed by atoms with Gasteiger partial charge in [0.2, 0.25) is 0 Å². The summed E-state index contributed by atoms with van der Waals surface area (Å²) >= 11 is 0. The number of hydrogen-bond donors (Lipinski definition) is 1. The number of rotatable bonds is 3. The van der Waals surface area contributed by atoms with Gasteiger partial charge < -0.3 is 5.11 Å². The fourth-order valence-electron chi connectivity index (χ4n) is 2.36. The molecule has 0 unspecified atom stereocenters. The van der Waals surface area contributed by atoms with E-state index in [9.17, 15) is 9.59 Å². The third-order valence-corrected chi connectivity index (χ3v) is 3.51. The lowest BCUT2D eigenvalue weighted by Gasteiger charge is -2.11. The summed E-state index contributed by atoms with van der Waals surface area (Å²) in [4.78, 5) is 23.6. The van der Waals surface area contributed by atoms with Crippen LogP contribution in [0.1, 0.15) is 22.8 Å². The normalized spacial score (nSPS) is 15.9. The minimum atomic E-state index is -1.00. The highest BCUT2D eigenvalue weighted by Crippen LogP contribution is 2.24. The molecule has 114 valence electrons. The third-order valence-electron chi connectivity index (χ3n) is 3.51. The molecule has 0 aromatic heterocycles. The predicted molar refractivity (Wildman–Crippen MR) is 88.4 cm³/mol. The van der Waals surface area contributed by atoms with Crippen LogP contribution >= 0.6 is 0 Å². The van der Waals surface area contributed by atoms with Crippen LogP contribution in [0.4, 0.5) is 5.69 Å². The van der Waals surface area contributed by atoms with Gasteiger partial charge in [0.1, 0.15) is 0 Å². The average Bonchev–Trinajstić information content (AvgIpc) is 2.84. The van der Waals surface area contributed by atoms with Gasteiger partial charge in [0.25, 0.3) is 5.91 Å². The van der Waals surface area contributed by atoms with Crippen LogP contribution in [0.3, 0.4) is 0 Å². The average molecular weight is 306 g/mol.